The molecule has 0 saturated carbocycles. The average molecular weight is 323 g/mol. The van der Waals surface area contributed by atoms with Gasteiger partial charge in [0.1, 0.15) is 0 Å². The van der Waals surface area contributed by atoms with Crippen LogP contribution in [0.3, 0.4) is 0 Å². The van der Waals surface area contributed by atoms with Crippen LogP contribution in [-0.4, -0.2) is 13.2 Å². The maximum atomic E-state index is 6.23. The lowest BCUT2D eigenvalue weighted by Gasteiger charge is -2.27. The van der Waals surface area contributed by atoms with Gasteiger partial charge in [-0.15, -0.1) is 11.3 Å². The van der Waals surface area contributed by atoms with Crippen molar-refractivity contribution >= 4 is 33.9 Å². The van der Waals surface area contributed by atoms with Crippen LogP contribution >= 0.6 is 33.9 Å². The Balaban J connectivity index is 2.03. The topological polar surface area (TPSA) is 35.2 Å². The molecule has 2 nitrogen and oxygen atoms in total. The largest absolute Gasteiger partial charge is 0.381 e. The molecule has 2 N–H and O–H groups in total. The first-order valence-corrected chi connectivity index (χ1v) is 6.80. The highest BCUT2D eigenvalue weighted by atomic mass is 127. The van der Waals surface area contributed by atoms with E-state index >= 15 is 0 Å². The van der Waals surface area contributed by atoms with Gasteiger partial charge in [0.25, 0.3) is 0 Å². The average Bonchev–Trinajstić information content (AvgIpc) is 2.65. The van der Waals surface area contributed by atoms with Crippen LogP contribution in [0.1, 0.15) is 24.4 Å². The monoisotopic (exact) mass is 323 g/mol. The first-order chi connectivity index (χ1) is 6.77. The summed E-state index contributed by atoms with van der Waals surface area (Å²) in [4.78, 5) is 0. The van der Waals surface area contributed by atoms with E-state index in [-0.39, 0.29) is 6.04 Å². The summed E-state index contributed by atoms with van der Waals surface area (Å²) in [6, 6.07) is 2.41. The summed E-state index contributed by atoms with van der Waals surface area (Å²) in [6.45, 7) is 1.75. The van der Waals surface area contributed by atoms with Crippen molar-refractivity contribution in [1.82, 2.24) is 0 Å². The molecule has 0 aromatic carbocycles. The second kappa shape index (κ2) is 4.92. The highest BCUT2D eigenvalue weighted by Gasteiger charge is 2.22. The number of hydrogen-bond acceptors (Lipinski definition) is 3. The fourth-order valence-corrected chi connectivity index (χ4v) is 3.26. The fourth-order valence-electron chi connectivity index (χ4n) is 1.85. The lowest BCUT2D eigenvalue weighted by Crippen LogP contribution is -2.27. The van der Waals surface area contributed by atoms with Gasteiger partial charge >= 0.3 is 0 Å². The Bertz CT molecular complexity index is 296. The number of nitrogens with two attached hydrogens (primary N) is 1. The van der Waals surface area contributed by atoms with E-state index < -0.39 is 0 Å². The van der Waals surface area contributed by atoms with E-state index in [0.29, 0.717) is 5.92 Å². The first-order valence-electron chi connectivity index (χ1n) is 4.84. The summed E-state index contributed by atoms with van der Waals surface area (Å²) < 4.78 is 6.66. The summed E-state index contributed by atoms with van der Waals surface area (Å²) in [5.74, 6) is 0.606. The molecule has 1 atom stereocenters. The number of halogens is 1. The van der Waals surface area contributed by atoms with Gasteiger partial charge in [0.05, 0.1) is 2.88 Å². The lowest BCUT2D eigenvalue weighted by atomic mass is 9.89. The van der Waals surface area contributed by atoms with Gasteiger partial charge in [0.15, 0.2) is 0 Å². The molecule has 0 bridgehead atoms. The Morgan fingerprint density at radius 3 is 2.79 bits per heavy atom. The van der Waals surface area contributed by atoms with Gasteiger partial charge in [0, 0.05) is 19.3 Å². The number of ether oxygens (including phenoxy) is 1. The van der Waals surface area contributed by atoms with Gasteiger partial charge in [-0.25, -0.2) is 0 Å². The molecule has 4 heteroatoms. The van der Waals surface area contributed by atoms with E-state index in [1.807, 2.05) is 0 Å². The third kappa shape index (κ3) is 2.48. The highest BCUT2D eigenvalue weighted by Crippen LogP contribution is 2.30. The van der Waals surface area contributed by atoms with Crippen LogP contribution in [0.4, 0.5) is 0 Å². The van der Waals surface area contributed by atoms with Crippen molar-refractivity contribution < 1.29 is 4.74 Å². The summed E-state index contributed by atoms with van der Waals surface area (Å²) in [5, 5.41) is 2.18. The fraction of sp³-hybridized carbons (Fsp3) is 0.600. The van der Waals surface area contributed by atoms with E-state index in [9.17, 15) is 0 Å². The zero-order valence-corrected chi connectivity index (χ0v) is 10.9. The molecule has 1 aliphatic heterocycles. The SMILES string of the molecule is NC(c1csc(I)c1)C1CCOCC1. The summed E-state index contributed by atoms with van der Waals surface area (Å²) in [6.07, 6.45) is 2.21. The molecule has 1 aromatic heterocycles. The van der Waals surface area contributed by atoms with Crippen LogP contribution in [0.2, 0.25) is 0 Å². The van der Waals surface area contributed by atoms with Gasteiger partial charge in [-0.1, -0.05) is 0 Å². The van der Waals surface area contributed by atoms with Crippen molar-refractivity contribution in [3.63, 3.8) is 0 Å². The molecule has 1 aromatic rings. The molecule has 0 spiro atoms. The maximum absolute atomic E-state index is 6.23. The smallest absolute Gasteiger partial charge is 0.0656 e. The van der Waals surface area contributed by atoms with Crippen molar-refractivity contribution in [3.05, 3.63) is 19.9 Å². The highest BCUT2D eigenvalue weighted by molar-refractivity contribution is 14.1. The van der Waals surface area contributed by atoms with E-state index in [4.69, 9.17) is 10.5 Å². The summed E-state index contributed by atoms with van der Waals surface area (Å²) in [5.41, 5.74) is 7.53. The van der Waals surface area contributed by atoms with Gasteiger partial charge in [0.2, 0.25) is 0 Å². The van der Waals surface area contributed by atoms with Crippen LogP contribution < -0.4 is 5.73 Å². The van der Waals surface area contributed by atoms with Crippen LogP contribution in [0.25, 0.3) is 0 Å². The molecule has 1 aliphatic rings. The second-order valence-corrected chi connectivity index (χ2v) is 6.47. The molecule has 1 fully saturated rings. The Kier molecular flexibility index (Phi) is 3.81. The second-order valence-electron chi connectivity index (χ2n) is 3.66. The minimum absolute atomic E-state index is 0.207. The molecule has 0 aliphatic carbocycles. The van der Waals surface area contributed by atoms with Crippen LogP contribution in [0, 0.1) is 8.80 Å². The molecule has 2 heterocycles. The normalized spacial score (nSPS) is 21.0. The van der Waals surface area contributed by atoms with Gasteiger partial charge in [-0.3, -0.25) is 0 Å². The maximum Gasteiger partial charge on any atom is 0.0656 e. The number of hydrogen-bond donors (Lipinski definition) is 1. The van der Waals surface area contributed by atoms with Crippen molar-refractivity contribution in [3.8, 4) is 0 Å². The number of thiophene rings is 1. The minimum atomic E-state index is 0.207. The molecule has 1 unspecified atom stereocenters. The Labute approximate surface area is 102 Å². The lowest BCUT2D eigenvalue weighted by molar-refractivity contribution is 0.0584. The van der Waals surface area contributed by atoms with E-state index in [1.54, 1.807) is 11.3 Å². The van der Waals surface area contributed by atoms with Gasteiger partial charge < -0.3 is 10.5 Å². The first kappa shape index (κ1) is 10.9. The molecular weight excluding hydrogens is 309 g/mol. The molecule has 2 rings (SSSR count). The van der Waals surface area contributed by atoms with E-state index in [1.165, 1.54) is 8.45 Å². The van der Waals surface area contributed by atoms with Gasteiger partial charge in [-0.05, 0) is 58.4 Å². The zero-order valence-electron chi connectivity index (χ0n) is 7.91. The molecule has 78 valence electrons. The van der Waals surface area contributed by atoms with Crippen molar-refractivity contribution in [2.24, 2.45) is 11.7 Å². The van der Waals surface area contributed by atoms with E-state index in [2.05, 4.69) is 34.0 Å². The standard InChI is InChI=1S/C10H14INOS/c11-9-5-8(6-14-9)10(12)7-1-3-13-4-2-7/h5-7,10H,1-4,12H2. The third-order valence-electron chi connectivity index (χ3n) is 2.75. The molecule has 0 amide bonds. The molecule has 14 heavy (non-hydrogen) atoms. The molecular formula is C10H14INOS. The molecule has 0 radical (unpaired) electrons. The number of rotatable bonds is 2. The van der Waals surface area contributed by atoms with Crippen LogP contribution in [-0.2, 0) is 4.74 Å². The Morgan fingerprint density at radius 2 is 2.21 bits per heavy atom. The Hall–Kier alpha value is 0.350. The van der Waals surface area contributed by atoms with Crippen molar-refractivity contribution in [2.75, 3.05) is 13.2 Å². The Morgan fingerprint density at radius 1 is 1.50 bits per heavy atom. The van der Waals surface area contributed by atoms with Crippen LogP contribution in [0.5, 0.6) is 0 Å². The third-order valence-corrected chi connectivity index (χ3v) is 4.55. The predicted molar refractivity (Wildman–Crippen MR) is 67.5 cm³/mol. The van der Waals surface area contributed by atoms with Crippen LogP contribution in [0.15, 0.2) is 11.4 Å². The quantitative estimate of drug-likeness (QED) is 0.850. The zero-order chi connectivity index (χ0) is 9.97. The van der Waals surface area contributed by atoms with Crippen molar-refractivity contribution in [2.45, 2.75) is 18.9 Å². The molecule has 1 saturated heterocycles. The van der Waals surface area contributed by atoms with Gasteiger partial charge in [-0.2, -0.15) is 0 Å². The summed E-state index contributed by atoms with van der Waals surface area (Å²) >= 11 is 4.12. The van der Waals surface area contributed by atoms with E-state index in [0.717, 1.165) is 26.1 Å². The van der Waals surface area contributed by atoms with Crippen molar-refractivity contribution in [1.29, 1.82) is 0 Å². The minimum Gasteiger partial charge on any atom is -0.381 e. The predicted octanol–water partition coefficient (Wildman–Crippen LogP) is 2.78. The summed E-state index contributed by atoms with van der Waals surface area (Å²) in [7, 11) is 0.